The van der Waals surface area contributed by atoms with E-state index in [1.165, 1.54) is 0 Å². The molecule has 0 unspecified atom stereocenters. The largest absolute Gasteiger partial charge is 0.452 e. The van der Waals surface area contributed by atoms with Crippen molar-refractivity contribution in [2.45, 2.75) is 0 Å². The van der Waals surface area contributed by atoms with Crippen LogP contribution in [-0.4, -0.2) is 39.9 Å². The minimum Gasteiger partial charge on any atom is -0.452 e. The number of oxazole rings is 1. The zero-order valence-corrected chi connectivity index (χ0v) is 33.7. The standard InChI is InChI=1S/C54H30N8O2/c1-2-9-33(10-3-1)54-59-44-26-25-39-46-38(13-8-18-45(46)63-49(39)50(44)64-54)37-24-23-34(35-11-4-5-12-36(35)37)31-19-21-32(22-20-31)51-60-52(40-14-6-16-42-47(40)57-29-27-55-42)62-53(61-51)41-15-7-17-43-48(41)58-30-28-56-43/h1-30H. The predicted octanol–water partition coefficient (Wildman–Crippen LogP) is 13.0. The van der Waals surface area contributed by atoms with Crippen molar-refractivity contribution in [3.05, 3.63) is 183 Å². The lowest BCUT2D eigenvalue weighted by atomic mass is 9.90. The molecule has 8 aromatic carbocycles. The van der Waals surface area contributed by atoms with Crippen molar-refractivity contribution >= 4 is 65.9 Å². The Morgan fingerprint density at radius 3 is 1.62 bits per heavy atom. The number of hydrogen-bond donors (Lipinski definition) is 0. The van der Waals surface area contributed by atoms with Gasteiger partial charge in [0.05, 0.1) is 22.1 Å². The fourth-order valence-corrected chi connectivity index (χ4v) is 8.88. The van der Waals surface area contributed by atoms with Crippen molar-refractivity contribution in [3.8, 4) is 67.9 Å². The molecule has 10 nitrogen and oxygen atoms in total. The highest BCUT2D eigenvalue weighted by Crippen LogP contribution is 2.44. The summed E-state index contributed by atoms with van der Waals surface area (Å²) in [5.74, 6) is 2.06. The van der Waals surface area contributed by atoms with Gasteiger partial charge in [0.2, 0.25) is 5.89 Å². The van der Waals surface area contributed by atoms with E-state index in [2.05, 4.69) is 92.7 Å². The Labute approximate surface area is 363 Å². The predicted molar refractivity (Wildman–Crippen MR) is 251 cm³/mol. The molecular formula is C54H30N8O2. The first-order valence-corrected chi connectivity index (χ1v) is 20.8. The minimum atomic E-state index is 0.486. The summed E-state index contributed by atoms with van der Waals surface area (Å²) in [6, 6.07) is 53.3. The first-order chi connectivity index (χ1) is 31.7. The highest BCUT2D eigenvalue weighted by Gasteiger charge is 2.21. The van der Waals surface area contributed by atoms with Crippen LogP contribution in [0.1, 0.15) is 0 Å². The van der Waals surface area contributed by atoms with Gasteiger partial charge in [-0.2, -0.15) is 0 Å². The maximum absolute atomic E-state index is 6.57. The quantitative estimate of drug-likeness (QED) is 0.160. The summed E-state index contributed by atoms with van der Waals surface area (Å²) < 4.78 is 12.9. The second-order valence-electron chi connectivity index (χ2n) is 15.5. The van der Waals surface area contributed by atoms with E-state index >= 15 is 0 Å². The summed E-state index contributed by atoms with van der Waals surface area (Å²) in [5, 5.41) is 4.26. The van der Waals surface area contributed by atoms with Crippen LogP contribution in [0.25, 0.3) is 134 Å². The second kappa shape index (κ2) is 14.3. The average molecular weight is 823 g/mol. The fraction of sp³-hybridized carbons (Fsp3) is 0. The van der Waals surface area contributed by atoms with E-state index in [4.69, 9.17) is 28.8 Å². The van der Waals surface area contributed by atoms with Crippen LogP contribution in [0.3, 0.4) is 0 Å². The maximum Gasteiger partial charge on any atom is 0.227 e. The van der Waals surface area contributed by atoms with Crippen molar-refractivity contribution in [3.63, 3.8) is 0 Å². The molecule has 0 saturated carbocycles. The highest BCUT2D eigenvalue weighted by molar-refractivity contribution is 6.20. The molecule has 13 aromatic rings. The molecule has 0 radical (unpaired) electrons. The number of hydrogen-bond acceptors (Lipinski definition) is 10. The number of nitrogens with zero attached hydrogens (tertiary/aromatic N) is 8. The molecule has 0 aliphatic carbocycles. The number of rotatable bonds is 6. The van der Waals surface area contributed by atoms with E-state index in [0.29, 0.717) is 45.6 Å². The van der Waals surface area contributed by atoms with Gasteiger partial charge in [0.15, 0.2) is 28.6 Å². The molecule has 13 rings (SSSR count). The van der Waals surface area contributed by atoms with E-state index in [-0.39, 0.29) is 0 Å². The lowest BCUT2D eigenvalue weighted by Gasteiger charge is -2.14. The van der Waals surface area contributed by atoms with Crippen LogP contribution < -0.4 is 0 Å². The van der Waals surface area contributed by atoms with Gasteiger partial charge in [-0.15, -0.1) is 0 Å². The molecule has 10 heteroatoms. The first-order valence-electron chi connectivity index (χ1n) is 20.8. The summed E-state index contributed by atoms with van der Waals surface area (Å²) in [6.07, 6.45) is 6.73. The van der Waals surface area contributed by atoms with Crippen LogP contribution in [0.15, 0.2) is 191 Å². The Bertz CT molecular complexity index is 3870. The van der Waals surface area contributed by atoms with Gasteiger partial charge in [0.1, 0.15) is 11.1 Å². The summed E-state index contributed by atoms with van der Waals surface area (Å²) >= 11 is 0. The zero-order chi connectivity index (χ0) is 42.1. The van der Waals surface area contributed by atoms with Crippen LogP contribution in [-0.2, 0) is 0 Å². The Balaban J connectivity index is 0.918. The average Bonchev–Trinajstić information content (AvgIpc) is 3.99. The molecule has 5 aromatic heterocycles. The molecular weight excluding hydrogens is 793 g/mol. The van der Waals surface area contributed by atoms with Gasteiger partial charge < -0.3 is 8.83 Å². The number of para-hydroxylation sites is 2. The number of furan rings is 1. The molecule has 0 amide bonds. The number of benzene rings is 8. The normalized spacial score (nSPS) is 11.8. The Hall–Kier alpha value is -9.02. The van der Waals surface area contributed by atoms with E-state index in [1.54, 1.807) is 24.8 Å². The SMILES string of the molecule is c1ccc(-c2nc3ccc4c(oc5cccc(-c6ccc(-c7ccc(-c8nc(-c9cccc%10nccnc9%10)nc(-c9cccc%10nccnc9%10)n8)cc7)c7ccccc67)c54)c3o2)cc1. The maximum atomic E-state index is 6.57. The van der Waals surface area contributed by atoms with E-state index in [1.807, 2.05) is 84.9 Å². The van der Waals surface area contributed by atoms with E-state index in [0.717, 1.165) is 88.2 Å². The second-order valence-corrected chi connectivity index (χ2v) is 15.5. The van der Waals surface area contributed by atoms with Crippen molar-refractivity contribution in [2.24, 2.45) is 0 Å². The lowest BCUT2D eigenvalue weighted by Crippen LogP contribution is -2.02. The molecule has 0 atom stereocenters. The first kappa shape index (κ1) is 35.7. The molecule has 0 fully saturated rings. The van der Waals surface area contributed by atoms with Crippen LogP contribution in [0.5, 0.6) is 0 Å². The third-order valence-electron chi connectivity index (χ3n) is 11.8. The molecule has 0 aliphatic rings. The summed E-state index contributed by atoms with van der Waals surface area (Å²) in [4.78, 5) is 38.3. The van der Waals surface area contributed by atoms with Crippen LogP contribution >= 0.6 is 0 Å². The molecule has 298 valence electrons. The summed E-state index contributed by atoms with van der Waals surface area (Å²) in [7, 11) is 0. The Morgan fingerprint density at radius 2 is 0.906 bits per heavy atom. The smallest absolute Gasteiger partial charge is 0.227 e. The third kappa shape index (κ3) is 5.74. The molecule has 0 saturated heterocycles. The monoisotopic (exact) mass is 822 g/mol. The van der Waals surface area contributed by atoms with Gasteiger partial charge in [0.25, 0.3) is 0 Å². The molecule has 64 heavy (non-hydrogen) atoms. The van der Waals surface area contributed by atoms with Crippen molar-refractivity contribution in [1.82, 2.24) is 39.9 Å². The van der Waals surface area contributed by atoms with Gasteiger partial charge in [-0.3, -0.25) is 19.9 Å². The number of aromatic nitrogens is 8. The van der Waals surface area contributed by atoms with Gasteiger partial charge in [0, 0.05) is 57.8 Å². The van der Waals surface area contributed by atoms with Crippen LogP contribution in [0, 0.1) is 0 Å². The van der Waals surface area contributed by atoms with E-state index in [9.17, 15) is 0 Å². The Morgan fingerprint density at radius 1 is 0.312 bits per heavy atom. The van der Waals surface area contributed by atoms with Gasteiger partial charge in [-0.05, 0) is 87.6 Å². The molecule has 5 heterocycles. The fourth-order valence-electron chi connectivity index (χ4n) is 8.88. The summed E-state index contributed by atoms with van der Waals surface area (Å²) in [5.41, 5.74) is 13.4. The topological polar surface area (TPSA) is 129 Å². The van der Waals surface area contributed by atoms with Gasteiger partial charge >= 0.3 is 0 Å². The zero-order valence-electron chi connectivity index (χ0n) is 33.7. The van der Waals surface area contributed by atoms with Crippen molar-refractivity contribution in [2.75, 3.05) is 0 Å². The van der Waals surface area contributed by atoms with Gasteiger partial charge in [-0.1, -0.05) is 103 Å². The Kier molecular flexibility index (Phi) is 7.97. The van der Waals surface area contributed by atoms with Crippen molar-refractivity contribution < 1.29 is 8.83 Å². The molecule has 0 bridgehead atoms. The minimum absolute atomic E-state index is 0.486. The van der Waals surface area contributed by atoms with Crippen molar-refractivity contribution in [1.29, 1.82) is 0 Å². The molecule has 0 spiro atoms. The molecule has 0 N–H and O–H groups in total. The molecule has 0 aliphatic heterocycles. The van der Waals surface area contributed by atoms with Crippen LogP contribution in [0.2, 0.25) is 0 Å². The van der Waals surface area contributed by atoms with E-state index < -0.39 is 0 Å². The third-order valence-corrected chi connectivity index (χ3v) is 11.8. The lowest BCUT2D eigenvalue weighted by molar-refractivity contribution is 0.603. The number of fused-ring (bicyclic) bond motifs is 8. The highest BCUT2D eigenvalue weighted by atomic mass is 16.4. The van der Waals surface area contributed by atoms with Crippen LogP contribution in [0.4, 0.5) is 0 Å². The van der Waals surface area contributed by atoms with Gasteiger partial charge in [-0.25, -0.2) is 19.9 Å². The summed E-state index contributed by atoms with van der Waals surface area (Å²) in [6.45, 7) is 0.